The molecule has 0 radical (unpaired) electrons. The van der Waals surface area contributed by atoms with Crippen LogP contribution in [0.4, 0.5) is 0 Å². The van der Waals surface area contributed by atoms with Crippen LogP contribution in [0.3, 0.4) is 0 Å². The van der Waals surface area contributed by atoms with Crippen LogP contribution >= 0.6 is 24.0 Å². The Morgan fingerprint density at radius 3 is 2.63 bits per heavy atom. The second-order valence-corrected chi connectivity index (χ2v) is 7.81. The van der Waals surface area contributed by atoms with Crippen LogP contribution < -0.4 is 15.4 Å². The van der Waals surface area contributed by atoms with Crippen molar-refractivity contribution >= 4 is 29.9 Å². The lowest BCUT2D eigenvalue weighted by atomic mass is 9.90. The van der Waals surface area contributed by atoms with Gasteiger partial charge in [0.15, 0.2) is 5.96 Å². The van der Waals surface area contributed by atoms with Crippen molar-refractivity contribution in [3.63, 3.8) is 0 Å². The standard InChI is InChI=1S/C23H27N5O.HI/c1-23(2)15-20(19-11-7-8-12-21(19)29-23)26-22(24-3)25-16-17-13-14-28(27-17)18-9-5-4-6-10-18;/h4-14,20H,15-16H2,1-3H3,(H2,24,25,26);1H. The highest BCUT2D eigenvalue weighted by Crippen LogP contribution is 2.39. The largest absolute Gasteiger partial charge is 0.487 e. The first-order valence-electron chi connectivity index (χ1n) is 9.89. The van der Waals surface area contributed by atoms with Gasteiger partial charge < -0.3 is 15.4 Å². The minimum atomic E-state index is -0.237. The molecule has 0 aliphatic carbocycles. The summed E-state index contributed by atoms with van der Waals surface area (Å²) in [5, 5.41) is 11.6. The van der Waals surface area contributed by atoms with Gasteiger partial charge in [0, 0.05) is 25.2 Å². The van der Waals surface area contributed by atoms with Gasteiger partial charge in [-0.3, -0.25) is 4.99 Å². The van der Waals surface area contributed by atoms with Gasteiger partial charge in [0.05, 0.1) is 24.0 Å². The first-order chi connectivity index (χ1) is 14.0. The van der Waals surface area contributed by atoms with E-state index in [0.717, 1.165) is 35.1 Å². The van der Waals surface area contributed by atoms with E-state index in [0.29, 0.717) is 6.54 Å². The van der Waals surface area contributed by atoms with E-state index < -0.39 is 0 Å². The third kappa shape index (κ3) is 5.13. The molecule has 1 unspecified atom stereocenters. The van der Waals surface area contributed by atoms with E-state index in [1.807, 2.05) is 65.5 Å². The zero-order chi connectivity index (χ0) is 20.3. The van der Waals surface area contributed by atoms with Gasteiger partial charge in [-0.15, -0.1) is 24.0 Å². The molecule has 30 heavy (non-hydrogen) atoms. The Bertz CT molecular complexity index is 1000. The number of benzene rings is 2. The van der Waals surface area contributed by atoms with Gasteiger partial charge in [0.1, 0.15) is 11.4 Å². The van der Waals surface area contributed by atoms with Crippen LogP contribution in [-0.2, 0) is 6.54 Å². The summed E-state index contributed by atoms with van der Waals surface area (Å²) < 4.78 is 8.01. The molecule has 0 bridgehead atoms. The van der Waals surface area contributed by atoms with Crippen molar-refractivity contribution in [3.8, 4) is 11.4 Å². The van der Waals surface area contributed by atoms with Crippen LogP contribution in [0.1, 0.15) is 37.6 Å². The predicted octanol–water partition coefficient (Wildman–Crippen LogP) is 4.46. The fraction of sp³-hybridized carbons (Fsp3) is 0.304. The molecule has 7 heteroatoms. The maximum atomic E-state index is 6.13. The molecule has 1 aliphatic rings. The molecule has 1 atom stereocenters. The molecular weight excluding hydrogens is 489 g/mol. The molecule has 4 rings (SSSR count). The predicted molar refractivity (Wildman–Crippen MR) is 131 cm³/mol. The van der Waals surface area contributed by atoms with Crippen LogP contribution in [0, 0.1) is 0 Å². The molecule has 6 nitrogen and oxygen atoms in total. The van der Waals surface area contributed by atoms with Crippen molar-refractivity contribution in [1.82, 2.24) is 20.4 Å². The first-order valence-corrected chi connectivity index (χ1v) is 9.89. The Hall–Kier alpha value is -2.55. The number of hydrogen-bond acceptors (Lipinski definition) is 3. The van der Waals surface area contributed by atoms with Gasteiger partial charge in [-0.25, -0.2) is 4.68 Å². The summed E-state index contributed by atoms with van der Waals surface area (Å²) in [6.45, 7) is 4.82. The van der Waals surface area contributed by atoms with E-state index >= 15 is 0 Å². The van der Waals surface area contributed by atoms with Crippen molar-refractivity contribution < 1.29 is 4.74 Å². The van der Waals surface area contributed by atoms with Crippen molar-refractivity contribution in [3.05, 3.63) is 78.1 Å². The number of halogens is 1. The smallest absolute Gasteiger partial charge is 0.191 e. The lowest BCUT2D eigenvalue weighted by molar-refractivity contribution is 0.0694. The molecule has 3 aromatic rings. The summed E-state index contributed by atoms with van der Waals surface area (Å²) in [7, 11) is 1.79. The lowest BCUT2D eigenvalue weighted by Crippen LogP contribution is -2.45. The van der Waals surface area contributed by atoms with Gasteiger partial charge in [0.25, 0.3) is 0 Å². The van der Waals surface area contributed by atoms with Gasteiger partial charge in [0.2, 0.25) is 0 Å². The van der Waals surface area contributed by atoms with E-state index in [9.17, 15) is 0 Å². The van der Waals surface area contributed by atoms with E-state index in [1.54, 1.807) is 7.05 Å². The topological polar surface area (TPSA) is 63.5 Å². The SMILES string of the molecule is CN=C(NCc1ccn(-c2ccccc2)n1)NC1CC(C)(C)Oc2ccccc21.I. The summed E-state index contributed by atoms with van der Waals surface area (Å²) in [6.07, 6.45) is 2.83. The molecule has 0 saturated carbocycles. The van der Waals surface area contributed by atoms with Crippen molar-refractivity contribution in [2.24, 2.45) is 4.99 Å². The third-order valence-electron chi connectivity index (χ3n) is 5.01. The van der Waals surface area contributed by atoms with Gasteiger partial charge in [-0.1, -0.05) is 36.4 Å². The maximum Gasteiger partial charge on any atom is 0.191 e. The monoisotopic (exact) mass is 517 g/mol. The van der Waals surface area contributed by atoms with Crippen molar-refractivity contribution in [1.29, 1.82) is 0 Å². The Labute approximate surface area is 194 Å². The minimum Gasteiger partial charge on any atom is -0.487 e. The number of nitrogens with one attached hydrogen (secondary N) is 2. The number of ether oxygens (including phenoxy) is 1. The second-order valence-electron chi connectivity index (χ2n) is 7.81. The number of nitrogens with zero attached hydrogens (tertiary/aromatic N) is 3. The summed E-state index contributed by atoms with van der Waals surface area (Å²) >= 11 is 0. The number of fused-ring (bicyclic) bond motifs is 1. The van der Waals surface area contributed by atoms with Crippen LogP contribution in [0.15, 0.2) is 71.9 Å². The molecule has 0 fully saturated rings. The van der Waals surface area contributed by atoms with Gasteiger partial charge >= 0.3 is 0 Å². The summed E-state index contributed by atoms with van der Waals surface area (Å²) in [6, 6.07) is 20.4. The Kier molecular flexibility index (Phi) is 7.02. The molecule has 0 amide bonds. The molecule has 2 aromatic carbocycles. The Morgan fingerprint density at radius 2 is 1.87 bits per heavy atom. The van der Waals surface area contributed by atoms with E-state index in [4.69, 9.17) is 4.74 Å². The molecule has 2 N–H and O–H groups in total. The van der Waals surface area contributed by atoms with E-state index in [1.165, 1.54) is 0 Å². The molecule has 0 spiro atoms. The van der Waals surface area contributed by atoms with Crippen LogP contribution in [0.2, 0.25) is 0 Å². The summed E-state index contributed by atoms with van der Waals surface area (Å²) in [5.74, 6) is 1.68. The quantitative estimate of drug-likeness (QED) is 0.305. The fourth-order valence-corrected chi connectivity index (χ4v) is 3.65. The average molecular weight is 517 g/mol. The van der Waals surface area contributed by atoms with E-state index in [2.05, 4.69) is 40.6 Å². The summed E-state index contributed by atoms with van der Waals surface area (Å²) in [4.78, 5) is 4.40. The van der Waals surface area contributed by atoms with Crippen LogP contribution in [-0.4, -0.2) is 28.4 Å². The molecule has 1 aromatic heterocycles. The molecule has 1 aliphatic heterocycles. The first kappa shape index (κ1) is 22.1. The highest BCUT2D eigenvalue weighted by atomic mass is 127. The van der Waals surface area contributed by atoms with Gasteiger partial charge in [-0.05, 0) is 38.1 Å². The van der Waals surface area contributed by atoms with Crippen LogP contribution in [0.5, 0.6) is 5.75 Å². The highest BCUT2D eigenvalue weighted by Gasteiger charge is 2.33. The lowest BCUT2D eigenvalue weighted by Gasteiger charge is -2.38. The number of guanidine groups is 1. The maximum absolute atomic E-state index is 6.13. The fourth-order valence-electron chi connectivity index (χ4n) is 3.65. The third-order valence-corrected chi connectivity index (χ3v) is 5.01. The zero-order valence-electron chi connectivity index (χ0n) is 17.5. The summed E-state index contributed by atoms with van der Waals surface area (Å²) in [5.41, 5.74) is 2.91. The Balaban J connectivity index is 0.00000256. The normalized spacial score (nSPS) is 17.3. The van der Waals surface area contributed by atoms with Gasteiger partial charge in [-0.2, -0.15) is 5.10 Å². The zero-order valence-corrected chi connectivity index (χ0v) is 19.8. The van der Waals surface area contributed by atoms with Crippen LogP contribution in [0.25, 0.3) is 5.69 Å². The number of para-hydroxylation sites is 2. The Morgan fingerprint density at radius 1 is 1.13 bits per heavy atom. The number of hydrogen-bond donors (Lipinski definition) is 2. The molecule has 158 valence electrons. The number of rotatable bonds is 4. The number of aliphatic imine (C=N–C) groups is 1. The molecule has 0 saturated heterocycles. The number of aromatic nitrogens is 2. The average Bonchev–Trinajstić information content (AvgIpc) is 3.20. The minimum absolute atomic E-state index is 0. The molecule has 2 heterocycles. The van der Waals surface area contributed by atoms with Crippen molar-refractivity contribution in [2.75, 3.05) is 7.05 Å². The highest BCUT2D eigenvalue weighted by molar-refractivity contribution is 14.0. The molecular formula is C23H28IN5O. The van der Waals surface area contributed by atoms with E-state index in [-0.39, 0.29) is 35.6 Å². The van der Waals surface area contributed by atoms with Crippen molar-refractivity contribution in [2.45, 2.75) is 38.5 Å². The second kappa shape index (κ2) is 9.51.